The van der Waals surface area contributed by atoms with Gasteiger partial charge in [-0.05, 0) is 19.3 Å². The van der Waals surface area contributed by atoms with Gasteiger partial charge in [-0.3, -0.25) is 0 Å². The molecule has 8 atom stereocenters. The molecule has 3 fully saturated rings. The van der Waals surface area contributed by atoms with Crippen LogP contribution in [0.4, 0.5) is 0 Å². The first-order chi connectivity index (χ1) is 11.0. The summed E-state index contributed by atoms with van der Waals surface area (Å²) >= 11 is 0. The fourth-order valence-corrected chi connectivity index (χ4v) is 4.05. The van der Waals surface area contributed by atoms with E-state index in [0.29, 0.717) is 12.8 Å². The summed E-state index contributed by atoms with van der Waals surface area (Å²) in [5.74, 6) is -0.512. The first kappa shape index (κ1) is 17.6. The van der Waals surface area contributed by atoms with Crippen molar-refractivity contribution in [1.82, 2.24) is 0 Å². The van der Waals surface area contributed by atoms with Crippen LogP contribution in [0.3, 0.4) is 0 Å². The van der Waals surface area contributed by atoms with Crippen LogP contribution in [0, 0.1) is 5.92 Å². The first-order valence-electron chi connectivity index (χ1n) is 8.99. The van der Waals surface area contributed by atoms with Crippen molar-refractivity contribution in [2.24, 2.45) is 5.92 Å². The van der Waals surface area contributed by atoms with Gasteiger partial charge in [0.2, 0.25) is 0 Å². The Morgan fingerprint density at radius 2 is 1.35 bits per heavy atom. The predicted octanol–water partition coefficient (Wildman–Crippen LogP) is 1.57. The van der Waals surface area contributed by atoms with Gasteiger partial charge in [-0.1, -0.05) is 34.1 Å². The molecule has 6 nitrogen and oxygen atoms in total. The van der Waals surface area contributed by atoms with Crippen LogP contribution in [-0.2, 0) is 18.9 Å². The molecule has 6 heteroatoms. The van der Waals surface area contributed by atoms with E-state index in [9.17, 15) is 10.2 Å². The molecule has 0 spiro atoms. The van der Waals surface area contributed by atoms with Gasteiger partial charge in [0.15, 0.2) is 12.1 Å². The number of hydrogen-bond donors (Lipinski definition) is 2. The van der Waals surface area contributed by atoms with E-state index in [0.717, 1.165) is 12.8 Å². The third-order valence-electron chi connectivity index (χ3n) is 5.56. The van der Waals surface area contributed by atoms with Crippen molar-refractivity contribution in [3.8, 4) is 0 Å². The van der Waals surface area contributed by atoms with Crippen molar-refractivity contribution in [1.29, 1.82) is 0 Å². The number of fused-ring (bicyclic) bond motifs is 2. The summed E-state index contributed by atoms with van der Waals surface area (Å²) in [4.78, 5) is 0. The normalized spacial score (nSPS) is 46.4. The van der Waals surface area contributed by atoms with Crippen LogP contribution in [0.25, 0.3) is 0 Å². The molecule has 3 aliphatic rings. The summed E-state index contributed by atoms with van der Waals surface area (Å²) in [6, 6.07) is 0. The minimum absolute atomic E-state index is 0.219. The summed E-state index contributed by atoms with van der Waals surface area (Å²) in [6.45, 7) is 8.15. The predicted molar refractivity (Wildman–Crippen MR) is 82.7 cm³/mol. The van der Waals surface area contributed by atoms with Crippen LogP contribution in [0.1, 0.15) is 53.4 Å². The highest BCUT2D eigenvalue weighted by Crippen LogP contribution is 2.45. The van der Waals surface area contributed by atoms with Gasteiger partial charge < -0.3 is 29.2 Å². The van der Waals surface area contributed by atoms with Crippen LogP contribution in [0.15, 0.2) is 0 Å². The Bertz CT molecular complexity index is 384. The highest BCUT2D eigenvalue weighted by molar-refractivity contribution is 5.07. The van der Waals surface area contributed by atoms with Gasteiger partial charge >= 0.3 is 0 Å². The topological polar surface area (TPSA) is 77.4 Å². The Labute approximate surface area is 138 Å². The number of aliphatic hydroxyl groups excluding tert-OH is 2. The molecule has 2 saturated heterocycles. The van der Waals surface area contributed by atoms with E-state index in [1.165, 1.54) is 0 Å². The Balaban J connectivity index is 1.76. The standard InChI is InChI=1S/C17H30O6/c1-5-8-9(4)16-20-12-10(18)14-15(11(19)13(12)21-16)23-17(6-2,7-3)22-14/h9-16,18-19H,5-8H2,1-4H3/t9?,10-,11?,12?,13?,14+,15+,16?/m1/s1. The SMILES string of the molecule is CCCC(C)C1OC2C(O1)[C@@H](O)[C@@H]1OC(CC)(CC)O[C@H]1C2O. The number of rotatable bonds is 5. The third kappa shape index (κ3) is 2.83. The first-order valence-corrected chi connectivity index (χ1v) is 8.99. The minimum atomic E-state index is -0.854. The van der Waals surface area contributed by atoms with E-state index in [4.69, 9.17) is 18.9 Å². The molecule has 1 aliphatic carbocycles. The van der Waals surface area contributed by atoms with Gasteiger partial charge in [-0.25, -0.2) is 0 Å². The van der Waals surface area contributed by atoms with Gasteiger partial charge in [-0.15, -0.1) is 0 Å². The van der Waals surface area contributed by atoms with Crippen molar-refractivity contribution in [3.63, 3.8) is 0 Å². The van der Waals surface area contributed by atoms with E-state index in [-0.39, 0.29) is 5.92 Å². The average Bonchev–Trinajstić information content (AvgIpc) is 3.16. The van der Waals surface area contributed by atoms with Crippen LogP contribution in [0.2, 0.25) is 0 Å². The van der Waals surface area contributed by atoms with Crippen molar-refractivity contribution in [2.45, 2.75) is 102 Å². The smallest absolute Gasteiger partial charge is 0.169 e. The lowest BCUT2D eigenvalue weighted by molar-refractivity contribution is -0.195. The maximum absolute atomic E-state index is 10.7. The Hall–Kier alpha value is -0.240. The average molecular weight is 330 g/mol. The lowest BCUT2D eigenvalue weighted by atomic mass is 9.85. The monoisotopic (exact) mass is 330 g/mol. The van der Waals surface area contributed by atoms with Gasteiger partial charge in [0.1, 0.15) is 36.6 Å². The summed E-state index contributed by atoms with van der Waals surface area (Å²) in [6.07, 6.45) is -1.03. The van der Waals surface area contributed by atoms with E-state index >= 15 is 0 Å². The molecule has 0 aromatic rings. The highest BCUT2D eigenvalue weighted by atomic mass is 16.8. The van der Waals surface area contributed by atoms with Crippen LogP contribution in [-0.4, -0.2) is 58.9 Å². The lowest BCUT2D eigenvalue weighted by Crippen LogP contribution is -2.61. The fourth-order valence-electron chi connectivity index (χ4n) is 4.05. The van der Waals surface area contributed by atoms with Gasteiger partial charge in [-0.2, -0.15) is 0 Å². The maximum Gasteiger partial charge on any atom is 0.169 e. The second-order valence-corrected chi connectivity index (χ2v) is 7.10. The number of aliphatic hydroxyl groups is 2. The molecule has 1 saturated carbocycles. The third-order valence-corrected chi connectivity index (χ3v) is 5.56. The van der Waals surface area contributed by atoms with Crippen molar-refractivity contribution in [3.05, 3.63) is 0 Å². The zero-order chi connectivity index (χ0) is 16.8. The molecule has 0 amide bonds. The quantitative estimate of drug-likeness (QED) is 0.797. The molecule has 0 bridgehead atoms. The molecule has 0 aromatic heterocycles. The fraction of sp³-hybridized carbons (Fsp3) is 1.00. The molecule has 0 aromatic carbocycles. The van der Waals surface area contributed by atoms with E-state index in [2.05, 4.69) is 13.8 Å². The van der Waals surface area contributed by atoms with Gasteiger partial charge in [0.25, 0.3) is 0 Å². The van der Waals surface area contributed by atoms with Crippen molar-refractivity contribution in [2.75, 3.05) is 0 Å². The van der Waals surface area contributed by atoms with Crippen LogP contribution in [0.5, 0.6) is 0 Å². The Morgan fingerprint density at radius 1 is 0.870 bits per heavy atom. The van der Waals surface area contributed by atoms with Crippen LogP contribution >= 0.6 is 0 Å². The van der Waals surface area contributed by atoms with Gasteiger partial charge in [0, 0.05) is 5.92 Å². The summed E-state index contributed by atoms with van der Waals surface area (Å²) < 4.78 is 23.9. The highest BCUT2D eigenvalue weighted by Gasteiger charge is 2.62. The summed E-state index contributed by atoms with van der Waals surface area (Å²) in [5.41, 5.74) is 0. The molecule has 2 heterocycles. The Morgan fingerprint density at radius 3 is 1.74 bits per heavy atom. The molecule has 2 aliphatic heterocycles. The molecule has 3 rings (SSSR count). The maximum atomic E-state index is 10.7. The number of hydrogen-bond acceptors (Lipinski definition) is 6. The largest absolute Gasteiger partial charge is 0.387 e. The minimum Gasteiger partial charge on any atom is -0.387 e. The van der Waals surface area contributed by atoms with E-state index in [1.807, 2.05) is 13.8 Å². The molecule has 5 unspecified atom stereocenters. The number of ether oxygens (including phenoxy) is 4. The molecular weight excluding hydrogens is 300 g/mol. The summed E-state index contributed by atoms with van der Waals surface area (Å²) in [5, 5.41) is 21.4. The zero-order valence-electron chi connectivity index (χ0n) is 14.5. The van der Waals surface area contributed by atoms with Crippen molar-refractivity contribution >= 4 is 0 Å². The summed E-state index contributed by atoms with van der Waals surface area (Å²) in [7, 11) is 0. The van der Waals surface area contributed by atoms with Crippen LogP contribution < -0.4 is 0 Å². The zero-order valence-corrected chi connectivity index (χ0v) is 14.5. The lowest BCUT2D eigenvalue weighted by Gasteiger charge is -2.38. The second-order valence-electron chi connectivity index (χ2n) is 7.10. The molecule has 0 radical (unpaired) electrons. The van der Waals surface area contributed by atoms with Crippen molar-refractivity contribution < 1.29 is 29.2 Å². The molecule has 2 N–H and O–H groups in total. The second kappa shape index (κ2) is 6.58. The van der Waals surface area contributed by atoms with E-state index < -0.39 is 48.7 Å². The molecule has 134 valence electrons. The van der Waals surface area contributed by atoms with Gasteiger partial charge in [0.05, 0.1) is 0 Å². The van der Waals surface area contributed by atoms with E-state index in [1.54, 1.807) is 0 Å². The molecular formula is C17H30O6. The Kier molecular flexibility index (Phi) is 5.03. The molecule has 23 heavy (non-hydrogen) atoms.